The van der Waals surface area contributed by atoms with Gasteiger partial charge in [0.15, 0.2) is 5.13 Å². The highest BCUT2D eigenvalue weighted by Crippen LogP contribution is 2.32. The van der Waals surface area contributed by atoms with Crippen molar-refractivity contribution in [1.82, 2.24) is 9.88 Å². The van der Waals surface area contributed by atoms with Gasteiger partial charge in [-0.2, -0.15) is 0 Å². The maximum absolute atomic E-state index is 13.5. The van der Waals surface area contributed by atoms with Gasteiger partial charge >= 0.3 is 0 Å². The van der Waals surface area contributed by atoms with Gasteiger partial charge in [-0.15, -0.1) is 0 Å². The zero-order chi connectivity index (χ0) is 23.4. The molecule has 0 atom stereocenters. The van der Waals surface area contributed by atoms with Crippen LogP contribution in [0.4, 0.5) is 16.5 Å². The van der Waals surface area contributed by atoms with E-state index < -0.39 is 27.1 Å². The van der Waals surface area contributed by atoms with Gasteiger partial charge < -0.3 is 4.90 Å². The van der Waals surface area contributed by atoms with E-state index in [1.54, 1.807) is 0 Å². The number of carbonyl (C=O) groups is 1. The number of hydrogen-bond acceptors (Lipinski definition) is 8. The van der Waals surface area contributed by atoms with Crippen molar-refractivity contribution in [3.8, 4) is 0 Å². The van der Waals surface area contributed by atoms with Crippen molar-refractivity contribution in [2.24, 2.45) is 0 Å². The van der Waals surface area contributed by atoms with Crippen molar-refractivity contribution in [1.29, 1.82) is 0 Å². The van der Waals surface area contributed by atoms with E-state index >= 15 is 0 Å². The third kappa shape index (κ3) is 4.89. The van der Waals surface area contributed by atoms with Crippen molar-refractivity contribution in [2.75, 3.05) is 31.1 Å². The van der Waals surface area contributed by atoms with Crippen LogP contribution in [0, 0.1) is 27.2 Å². The summed E-state index contributed by atoms with van der Waals surface area (Å²) in [6.45, 7) is 8.39. The van der Waals surface area contributed by atoms with E-state index in [1.807, 2.05) is 39.0 Å². The topological polar surface area (TPSA) is 123 Å². The number of hydrogen-bond donors (Lipinski definition) is 0. The van der Waals surface area contributed by atoms with E-state index in [0.29, 0.717) is 11.7 Å². The normalized spacial score (nSPS) is 11.1. The van der Waals surface area contributed by atoms with Gasteiger partial charge in [-0.05, 0) is 31.6 Å². The summed E-state index contributed by atoms with van der Waals surface area (Å²) in [7, 11) is 0. The van der Waals surface area contributed by atoms with Crippen LogP contribution in [0.2, 0.25) is 0 Å². The largest absolute Gasteiger partial charge is 0.302 e. The minimum Gasteiger partial charge on any atom is -0.302 e. The van der Waals surface area contributed by atoms with Crippen LogP contribution in [0.25, 0.3) is 10.2 Å². The molecule has 0 unspecified atom stereocenters. The van der Waals surface area contributed by atoms with E-state index in [4.69, 9.17) is 0 Å². The van der Waals surface area contributed by atoms with Crippen molar-refractivity contribution >= 4 is 44.0 Å². The Labute approximate surface area is 188 Å². The molecule has 0 N–H and O–H groups in total. The molecule has 0 aliphatic heterocycles. The Hall–Kier alpha value is -3.44. The molecule has 1 amide bonds. The smallest absolute Gasteiger partial charge is 0.277 e. The quantitative estimate of drug-likeness (QED) is 0.344. The van der Waals surface area contributed by atoms with Crippen molar-refractivity contribution < 1.29 is 14.6 Å². The first-order valence-electron chi connectivity index (χ1n) is 10.1. The fourth-order valence-electron chi connectivity index (χ4n) is 3.34. The molecule has 2 aromatic carbocycles. The molecule has 3 rings (SSSR count). The second kappa shape index (κ2) is 9.79. The molecule has 11 heteroatoms. The van der Waals surface area contributed by atoms with Gasteiger partial charge in [0.05, 0.1) is 31.7 Å². The second-order valence-electron chi connectivity index (χ2n) is 7.15. The number of amides is 1. The third-order valence-corrected chi connectivity index (χ3v) is 6.23. The van der Waals surface area contributed by atoms with E-state index in [2.05, 4.69) is 9.88 Å². The highest BCUT2D eigenvalue weighted by Gasteiger charge is 2.26. The fourth-order valence-corrected chi connectivity index (χ4v) is 4.41. The van der Waals surface area contributed by atoms with Gasteiger partial charge in [-0.1, -0.05) is 37.3 Å². The molecule has 10 nitrogen and oxygen atoms in total. The molecule has 0 saturated carbocycles. The Morgan fingerprint density at radius 1 is 1.03 bits per heavy atom. The maximum atomic E-state index is 13.5. The summed E-state index contributed by atoms with van der Waals surface area (Å²) >= 11 is 1.34. The maximum Gasteiger partial charge on any atom is 0.277 e. The summed E-state index contributed by atoms with van der Waals surface area (Å²) in [4.78, 5) is 42.8. The average molecular weight is 458 g/mol. The summed E-state index contributed by atoms with van der Waals surface area (Å²) in [5, 5.41) is 23.0. The number of benzene rings is 2. The summed E-state index contributed by atoms with van der Waals surface area (Å²) in [5.74, 6) is -0.569. The molecule has 0 bridgehead atoms. The van der Waals surface area contributed by atoms with E-state index in [1.165, 1.54) is 16.2 Å². The van der Waals surface area contributed by atoms with Crippen molar-refractivity contribution in [3.05, 3.63) is 67.8 Å². The molecular weight excluding hydrogens is 434 g/mol. The molecule has 32 heavy (non-hydrogen) atoms. The number of nitrogens with zero attached hydrogens (tertiary/aromatic N) is 5. The van der Waals surface area contributed by atoms with Crippen LogP contribution in [0.3, 0.4) is 0 Å². The van der Waals surface area contributed by atoms with Crippen LogP contribution in [0.5, 0.6) is 0 Å². The van der Waals surface area contributed by atoms with Gasteiger partial charge in [-0.25, -0.2) is 4.98 Å². The predicted molar refractivity (Wildman–Crippen MR) is 124 cm³/mol. The molecule has 0 fully saturated rings. The SMILES string of the molecule is CCN(CC)CCN(C(=O)c1cc([N+](=O)[O-])cc([N+](=O)[O-])c1)c1nc2c(C)cccc2s1. The van der Waals surface area contributed by atoms with Gasteiger partial charge in [0, 0.05) is 25.2 Å². The lowest BCUT2D eigenvalue weighted by atomic mass is 10.1. The lowest BCUT2D eigenvalue weighted by Gasteiger charge is -2.24. The number of likely N-dealkylation sites (N-methyl/N-ethyl adjacent to an activating group) is 1. The number of thiazole rings is 1. The number of aryl methyl sites for hydroxylation is 1. The number of aromatic nitrogens is 1. The molecule has 1 heterocycles. The predicted octanol–water partition coefficient (Wildman–Crippen LogP) is 4.41. The monoisotopic (exact) mass is 457 g/mol. The molecule has 1 aromatic heterocycles. The molecule has 168 valence electrons. The first kappa shape index (κ1) is 23.2. The van der Waals surface area contributed by atoms with Crippen LogP contribution >= 0.6 is 11.3 Å². The minimum atomic E-state index is -0.745. The minimum absolute atomic E-state index is 0.124. The Morgan fingerprint density at radius 2 is 1.66 bits per heavy atom. The Balaban J connectivity index is 2.07. The number of carbonyl (C=O) groups excluding carboxylic acids is 1. The number of fused-ring (bicyclic) bond motifs is 1. The average Bonchev–Trinajstić information content (AvgIpc) is 3.21. The number of nitro groups is 2. The van der Waals surface area contributed by atoms with Crippen LogP contribution < -0.4 is 4.90 Å². The molecule has 0 spiro atoms. The second-order valence-corrected chi connectivity index (χ2v) is 8.16. The zero-order valence-corrected chi connectivity index (χ0v) is 18.8. The number of para-hydroxylation sites is 1. The number of rotatable bonds is 9. The van der Waals surface area contributed by atoms with E-state index in [9.17, 15) is 25.0 Å². The summed E-state index contributed by atoms with van der Waals surface area (Å²) < 4.78 is 0.908. The molecule has 0 saturated heterocycles. The summed E-state index contributed by atoms with van der Waals surface area (Å²) in [6, 6.07) is 8.73. The van der Waals surface area contributed by atoms with Crippen molar-refractivity contribution in [2.45, 2.75) is 20.8 Å². The molecule has 0 radical (unpaired) electrons. The summed E-state index contributed by atoms with van der Waals surface area (Å²) in [5.41, 5.74) is 0.601. The third-order valence-electron chi connectivity index (χ3n) is 5.19. The molecule has 3 aromatic rings. The van der Waals surface area contributed by atoms with Crippen LogP contribution in [-0.2, 0) is 0 Å². The van der Waals surface area contributed by atoms with Crippen LogP contribution in [-0.4, -0.2) is 51.8 Å². The molecule has 0 aliphatic rings. The van der Waals surface area contributed by atoms with Crippen molar-refractivity contribution in [3.63, 3.8) is 0 Å². The lowest BCUT2D eigenvalue weighted by molar-refractivity contribution is -0.394. The molecular formula is C21H23N5O5S. The van der Waals surface area contributed by atoms with Crippen LogP contribution in [0.1, 0.15) is 29.8 Å². The van der Waals surface area contributed by atoms with E-state index in [-0.39, 0.29) is 12.1 Å². The Bertz CT molecular complexity index is 1140. The zero-order valence-electron chi connectivity index (χ0n) is 18.0. The van der Waals surface area contributed by atoms with Gasteiger partial charge in [0.2, 0.25) is 0 Å². The number of nitro benzene ring substituents is 2. The standard InChI is InChI=1S/C21H23N5O5S/c1-4-23(5-2)9-10-24(21-22-19-14(3)7-6-8-18(19)32-21)20(27)15-11-16(25(28)29)13-17(12-15)26(30)31/h6-8,11-13H,4-5,9-10H2,1-3H3. The highest BCUT2D eigenvalue weighted by atomic mass is 32.1. The lowest BCUT2D eigenvalue weighted by Crippen LogP contribution is -2.39. The number of anilines is 1. The first-order chi connectivity index (χ1) is 15.2. The first-order valence-corrected chi connectivity index (χ1v) is 10.9. The van der Waals surface area contributed by atoms with Gasteiger partial charge in [0.1, 0.15) is 0 Å². The fraction of sp³-hybridized carbons (Fsp3) is 0.333. The van der Waals surface area contributed by atoms with E-state index in [0.717, 1.165) is 47.1 Å². The van der Waals surface area contributed by atoms with Gasteiger partial charge in [-0.3, -0.25) is 29.9 Å². The summed E-state index contributed by atoms with van der Waals surface area (Å²) in [6.07, 6.45) is 0. The number of non-ortho nitro benzene ring substituents is 2. The Kier molecular flexibility index (Phi) is 7.11. The van der Waals surface area contributed by atoms with Crippen LogP contribution in [0.15, 0.2) is 36.4 Å². The Morgan fingerprint density at radius 3 is 2.19 bits per heavy atom. The molecule has 0 aliphatic carbocycles. The highest BCUT2D eigenvalue weighted by molar-refractivity contribution is 7.22. The van der Waals surface area contributed by atoms with Gasteiger partial charge in [0.25, 0.3) is 17.3 Å².